The topological polar surface area (TPSA) is 187 Å². The number of Topliss-reactive ketones (excluding diaryl/α,β-unsaturated/α-hetero) is 2. The number of phenolic OH excluding ortho intramolecular Hbond substituents is 3. The van der Waals surface area contributed by atoms with E-state index in [-0.39, 0.29) is 59.6 Å². The molecule has 13 heteroatoms. The van der Waals surface area contributed by atoms with Gasteiger partial charge < -0.3 is 49.7 Å². The molecular formula is C56H62N4O9. The summed E-state index contributed by atoms with van der Waals surface area (Å²) >= 11 is 0. The molecule has 6 N–H and O–H groups in total. The molecule has 0 radical (unpaired) electrons. The lowest BCUT2D eigenvalue weighted by molar-refractivity contribution is -0.148. The number of phenols is 3. The zero-order chi connectivity index (χ0) is 48.6. The number of aliphatic hydroxyl groups excluding tert-OH is 1. The van der Waals surface area contributed by atoms with E-state index in [2.05, 4.69) is 75.5 Å². The second-order valence-electron chi connectivity index (χ2n) is 19.3. The highest BCUT2D eigenvalue weighted by Gasteiger charge is 2.38. The van der Waals surface area contributed by atoms with Crippen LogP contribution in [0.25, 0.3) is 10.8 Å². The van der Waals surface area contributed by atoms with Crippen molar-refractivity contribution >= 4 is 34.0 Å². The van der Waals surface area contributed by atoms with Crippen molar-refractivity contribution < 1.29 is 44.3 Å². The van der Waals surface area contributed by atoms with E-state index in [1.807, 2.05) is 36.5 Å². The second kappa shape index (κ2) is 19.6. The molecule has 6 atom stereocenters. The molecule has 360 valence electrons. The van der Waals surface area contributed by atoms with Crippen LogP contribution in [0.1, 0.15) is 111 Å². The Labute approximate surface area is 402 Å². The van der Waals surface area contributed by atoms with E-state index < -0.39 is 35.7 Å². The minimum Gasteiger partial charge on any atom is -0.508 e. The normalized spacial score (nSPS) is 24.0. The van der Waals surface area contributed by atoms with E-state index in [1.54, 1.807) is 19.1 Å². The number of ketones is 2. The van der Waals surface area contributed by atoms with E-state index >= 15 is 0 Å². The average Bonchev–Trinajstić information content (AvgIpc) is 3.93. The first-order valence-corrected chi connectivity index (χ1v) is 24.1. The van der Waals surface area contributed by atoms with Gasteiger partial charge in [0.25, 0.3) is 0 Å². The Bertz CT molecular complexity index is 2920. The number of nitrogens with zero attached hydrogens (tertiary/aromatic N) is 2. The molecule has 13 nitrogen and oxygen atoms in total. The molecule has 4 bridgehead atoms. The predicted molar refractivity (Wildman–Crippen MR) is 264 cm³/mol. The summed E-state index contributed by atoms with van der Waals surface area (Å²) in [6.45, 7) is 5.98. The molecule has 2 aliphatic carbocycles. The molecule has 4 heterocycles. The van der Waals surface area contributed by atoms with Crippen molar-refractivity contribution in [2.75, 3.05) is 25.1 Å². The number of aryl methyl sites for hydroxylation is 1. The molecule has 0 saturated carbocycles. The highest BCUT2D eigenvalue weighted by Crippen LogP contribution is 2.48. The van der Waals surface area contributed by atoms with Gasteiger partial charge in [0.2, 0.25) is 5.75 Å². The van der Waals surface area contributed by atoms with Crippen LogP contribution < -0.4 is 15.0 Å². The number of hydrogen-bond acceptors (Lipinski definition) is 11. The van der Waals surface area contributed by atoms with Gasteiger partial charge in [-0.1, -0.05) is 55.5 Å². The third-order valence-corrected chi connectivity index (χ3v) is 14.9. The van der Waals surface area contributed by atoms with E-state index in [1.165, 1.54) is 20.1 Å². The molecular weight excluding hydrogens is 873 g/mol. The maximum Gasteiger partial charge on any atom is 0.302 e. The molecule has 3 aromatic carbocycles. The third-order valence-electron chi connectivity index (χ3n) is 14.9. The smallest absolute Gasteiger partial charge is 0.302 e. The molecule has 69 heavy (non-hydrogen) atoms. The van der Waals surface area contributed by atoms with Crippen LogP contribution in [0.15, 0.2) is 115 Å². The number of aromatic nitrogens is 2. The minimum absolute atomic E-state index is 0.0203. The van der Waals surface area contributed by atoms with Crippen LogP contribution in [0.2, 0.25) is 0 Å². The lowest BCUT2D eigenvalue weighted by Crippen LogP contribution is -2.35. The van der Waals surface area contributed by atoms with Gasteiger partial charge in [-0.05, 0) is 127 Å². The van der Waals surface area contributed by atoms with Crippen molar-refractivity contribution in [2.24, 2.45) is 11.3 Å². The summed E-state index contributed by atoms with van der Waals surface area (Å²) in [7, 11) is 1.40. The molecule has 9 rings (SSSR count). The highest BCUT2D eigenvalue weighted by molar-refractivity contribution is 6.00. The number of aliphatic hydroxyl groups is 1. The molecule has 0 fully saturated rings. The first kappa shape index (κ1) is 47.1. The van der Waals surface area contributed by atoms with Crippen LogP contribution >= 0.6 is 0 Å². The van der Waals surface area contributed by atoms with Gasteiger partial charge in [0.15, 0.2) is 11.5 Å². The lowest BCUT2D eigenvalue weighted by Gasteiger charge is -2.38. The Kier molecular flexibility index (Phi) is 13.3. The van der Waals surface area contributed by atoms with E-state index in [0.29, 0.717) is 57.2 Å². The molecule has 0 amide bonds. The number of ether oxygens (including phenoxy) is 2. The van der Waals surface area contributed by atoms with Crippen LogP contribution in [-0.2, 0) is 38.4 Å². The number of anilines is 1. The average molecular weight is 935 g/mol. The predicted octanol–water partition coefficient (Wildman–Crippen LogP) is 9.21. The summed E-state index contributed by atoms with van der Waals surface area (Å²) in [5.41, 5.74) is 6.79. The number of esters is 1. The van der Waals surface area contributed by atoms with Gasteiger partial charge in [0, 0.05) is 80.3 Å². The number of nitrogens with one attached hydrogen (secondary N) is 2. The summed E-state index contributed by atoms with van der Waals surface area (Å²) in [6, 6.07) is 13.7. The van der Waals surface area contributed by atoms with Crippen molar-refractivity contribution in [3.8, 4) is 23.0 Å². The van der Waals surface area contributed by atoms with Crippen LogP contribution in [0, 0.1) is 11.3 Å². The quantitative estimate of drug-likeness (QED) is 0.0675. The Balaban J connectivity index is 1.27. The fourth-order valence-corrected chi connectivity index (χ4v) is 11.2. The Morgan fingerprint density at radius 2 is 1.78 bits per heavy atom. The summed E-state index contributed by atoms with van der Waals surface area (Å²) in [5.74, 6) is -0.543. The monoisotopic (exact) mass is 934 g/mol. The number of dihydropyridines is 1. The van der Waals surface area contributed by atoms with Crippen LogP contribution in [-0.4, -0.2) is 73.8 Å². The zero-order valence-electron chi connectivity index (χ0n) is 39.7. The second-order valence-corrected chi connectivity index (χ2v) is 19.3. The molecule has 0 saturated heterocycles. The molecule has 2 aliphatic heterocycles. The summed E-state index contributed by atoms with van der Waals surface area (Å²) in [4.78, 5) is 46.0. The molecule has 4 aliphatic rings. The first-order chi connectivity index (χ1) is 33.2. The largest absolute Gasteiger partial charge is 0.508 e. The van der Waals surface area contributed by atoms with E-state index in [4.69, 9.17) is 9.47 Å². The number of fused-ring (bicyclic) bond motifs is 4. The summed E-state index contributed by atoms with van der Waals surface area (Å²) in [6.07, 6.45) is 20.9. The van der Waals surface area contributed by atoms with Gasteiger partial charge >= 0.3 is 5.97 Å². The number of carbonyl (C=O) groups is 3. The van der Waals surface area contributed by atoms with E-state index in [9.17, 15) is 34.8 Å². The summed E-state index contributed by atoms with van der Waals surface area (Å²) in [5, 5.41) is 49.6. The maximum absolute atomic E-state index is 14.8. The number of carbonyl (C=O) groups excluding carboxylic acids is 3. The van der Waals surface area contributed by atoms with Crippen molar-refractivity contribution in [3.05, 3.63) is 148 Å². The van der Waals surface area contributed by atoms with Gasteiger partial charge in [-0.15, -0.1) is 0 Å². The van der Waals surface area contributed by atoms with Crippen molar-refractivity contribution in [3.63, 3.8) is 0 Å². The van der Waals surface area contributed by atoms with Gasteiger partial charge in [-0.2, -0.15) is 0 Å². The van der Waals surface area contributed by atoms with Gasteiger partial charge in [0.05, 0.1) is 24.9 Å². The molecule has 6 unspecified atom stereocenters. The number of methoxy groups -OCH3 is 1. The first-order valence-electron chi connectivity index (χ1n) is 24.1. The standard InChI is InChI=1S/C56H62N4O9/c1-33-8-5-6-18-56(33)19-15-43(69-35(3)62)27-42(64)28-49(38-24-51(66)55(67)52(25-38)68-4)60-32-46-47(12-11-44-50(65)14-13-48(60)54(44)46)59(21-17-34(2)61)53-26-37(16-20-58-53)45(36-9-7-10-41(63)22-36)23-39-30-57-31-40(39)29-56/h5-12,16,18,22,24-26,30-33,43,45,49-50,57-58,63,65-67H,13-15,17,19-21,23,27-29H2,1-4H3. The highest BCUT2D eigenvalue weighted by atomic mass is 16.5. The number of aromatic hydroxyl groups is 3. The number of aromatic amines is 1. The van der Waals surface area contributed by atoms with Gasteiger partial charge in [-0.3, -0.25) is 14.4 Å². The summed E-state index contributed by atoms with van der Waals surface area (Å²) < 4.78 is 13.6. The molecule has 1 spiro atoms. The molecule has 2 aromatic heterocycles. The van der Waals surface area contributed by atoms with Crippen molar-refractivity contribution in [1.29, 1.82) is 0 Å². The number of rotatable bonds is 7. The Morgan fingerprint density at radius 3 is 2.55 bits per heavy atom. The Morgan fingerprint density at radius 1 is 0.957 bits per heavy atom. The SMILES string of the molecule is COc1cc(C2CC(=O)CC(OC(C)=O)CCC3(C=CC=CC3C)Cc3c[nH]cc3CC(c3cccc(O)c3)C3=CCNC(=C3)N(CCC(C)=O)c3ccc4c5c(n2cc35)CCC4O)cc(O)c1O. The number of allylic oxidation sites excluding steroid dienone is 6. The fourth-order valence-electron chi connectivity index (χ4n) is 11.2. The Hall–Kier alpha value is -6.99. The number of hydrogen-bond donors (Lipinski definition) is 6. The minimum atomic E-state index is -0.750. The van der Waals surface area contributed by atoms with Gasteiger partial charge in [-0.25, -0.2) is 0 Å². The van der Waals surface area contributed by atoms with Crippen molar-refractivity contribution in [1.82, 2.24) is 14.9 Å². The van der Waals surface area contributed by atoms with Crippen LogP contribution in [0.3, 0.4) is 0 Å². The maximum atomic E-state index is 14.8. The number of H-pyrrole nitrogens is 1. The fraction of sp³-hybridized carbons (Fsp3) is 0.375. The number of benzene rings is 3. The van der Waals surface area contributed by atoms with Crippen LogP contribution in [0.4, 0.5) is 5.69 Å². The van der Waals surface area contributed by atoms with E-state index in [0.717, 1.165) is 55.8 Å². The lowest BCUT2D eigenvalue weighted by atomic mass is 9.66. The molecule has 5 aromatic rings. The zero-order valence-corrected chi connectivity index (χ0v) is 39.7. The van der Waals surface area contributed by atoms with Crippen LogP contribution in [0.5, 0.6) is 23.0 Å². The third kappa shape index (κ3) is 9.57. The van der Waals surface area contributed by atoms with Gasteiger partial charge in [0.1, 0.15) is 29.2 Å². The van der Waals surface area contributed by atoms with Crippen molar-refractivity contribution in [2.45, 2.75) is 103 Å².